The highest BCUT2D eigenvalue weighted by atomic mass is 35.5. The number of hydrogen-bond donors (Lipinski definition) is 1. The summed E-state index contributed by atoms with van der Waals surface area (Å²) < 4.78 is 5.70. The van der Waals surface area contributed by atoms with E-state index in [9.17, 15) is 20.2 Å². The first kappa shape index (κ1) is 20.7. The molecule has 0 heterocycles. The summed E-state index contributed by atoms with van der Waals surface area (Å²) in [7, 11) is 0. The molecular weight excluding hydrogens is 412 g/mol. The highest BCUT2D eigenvalue weighted by Crippen LogP contribution is 2.28. The number of nitrogens with one attached hydrogen (secondary N) is 1. The largest absolute Gasteiger partial charge is 0.489 e. The van der Waals surface area contributed by atoms with Gasteiger partial charge in [-0.15, -0.1) is 0 Å². The Morgan fingerprint density at radius 2 is 1.73 bits per heavy atom. The average Bonchev–Trinajstić information content (AvgIpc) is 2.74. The zero-order valence-electron chi connectivity index (χ0n) is 15.4. The van der Waals surface area contributed by atoms with Gasteiger partial charge >= 0.3 is 5.69 Å². The SMILES string of the molecule is O=[N+]([O-])c1ccc(NN=Cc2ccc(OCc3ccccc3Cl)cc2)c([N+](=O)[O-])c1. The number of nitro benzene ring substituents is 2. The van der Waals surface area contributed by atoms with Gasteiger partial charge in [0.25, 0.3) is 5.69 Å². The lowest BCUT2D eigenvalue weighted by molar-refractivity contribution is -0.393. The van der Waals surface area contributed by atoms with Gasteiger partial charge in [-0.05, 0) is 42.0 Å². The molecule has 0 aliphatic heterocycles. The first-order valence-corrected chi connectivity index (χ1v) is 9.00. The highest BCUT2D eigenvalue weighted by Gasteiger charge is 2.19. The van der Waals surface area contributed by atoms with Crippen LogP contribution in [-0.4, -0.2) is 16.1 Å². The van der Waals surface area contributed by atoms with E-state index in [1.54, 1.807) is 30.3 Å². The molecule has 0 amide bonds. The van der Waals surface area contributed by atoms with Crippen LogP contribution in [0.15, 0.2) is 71.8 Å². The summed E-state index contributed by atoms with van der Waals surface area (Å²) in [6, 6.07) is 17.7. The van der Waals surface area contributed by atoms with Gasteiger partial charge in [-0.1, -0.05) is 29.8 Å². The van der Waals surface area contributed by atoms with Crippen molar-refractivity contribution in [3.05, 3.63) is 103 Å². The van der Waals surface area contributed by atoms with Gasteiger partial charge in [0.05, 0.1) is 22.1 Å². The van der Waals surface area contributed by atoms with Crippen molar-refractivity contribution in [2.75, 3.05) is 5.43 Å². The van der Waals surface area contributed by atoms with Crippen LogP contribution in [0.25, 0.3) is 0 Å². The minimum Gasteiger partial charge on any atom is -0.489 e. The molecule has 3 aromatic rings. The predicted octanol–water partition coefficient (Wildman–Crippen LogP) is 5.18. The molecule has 152 valence electrons. The third-order valence-electron chi connectivity index (χ3n) is 4.02. The fourth-order valence-corrected chi connectivity index (χ4v) is 2.67. The Morgan fingerprint density at radius 3 is 2.40 bits per heavy atom. The van der Waals surface area contributed by atoms with Crippen LogP contribution in [0.4, 0.5) is 17.1 Å². The van der Waals surface area contributed by atoms with Crippen molar-refractivity contribution in [1.29, 1.82) is 0 Å². The van der Waals surface area contributed by atoms with Gasteiger partial charge in [-0.3, -0.25) is 25.7 Å². The number of halogens is 1. The number of anilines is 1. The molecule has 0 atom stereocenters. The normalized spacial score (nSPS) is 10.7. The van der Waals surface area contributed by atoms with Gasteiger partial charge in [0, 0.05) is 16.7 Å². The first-order valence-electron chi connectivity index (χ1n) is 8.62. The molecule has 0 saturated carbocycles. The standard InChI is InChI=1S/C20H15ClN4O5/c21-18-4-2-1-3-15(18)13-30-17-8-5-14(6-9-17)12-22-23-19-10-7-16(24(26)27)11-20(19)25(28)29/h1-12,23H,13H2. The fourth-order valence-electron chi connectivity index (χ4n) is 2.48. The van der Waals surface area contributed by atoms with Crippen molar-refractivity contribution >= 4 is 34.9 Å². The number of rotatable bonds is 8. The van der Waals surface area contributed by atoms with E-state index in [0.29, 0.717) is 17.4 Å². The van der Waals surface area contributed by atoms with Crippen LogP contribution in [0.3, 0.4) is 0 Å². The summed E-state index contributed by atoms with van der Waals surface area (Å²) in [5.41, 5.74) is 3.36. The van der Waals surface area contributed by atoms with Crippen LogP contribution < -0.4 is 10.2 Å². The second-order valence-electron chi connectivity index (χ2n) is 6.03. The minimum absolute atomic E-state index is 0.0431. The zero-order chi connectivity index (χ0) is 21.5. The van der Waals surface area contributed by atoms with Crippen molar-refractivity contribution in [2.45, 2.75) is 6.61 Å². The van der Waals surface area contributed by atoms with Crippen LogP contribution in [0.1, 0.15) is 11.1 Å². The number of ether oxygens (including phenoxy) is 1. The number of non-ortho nitro benzene ring substituents is 1. The van der Waals surface area contributed by atoms with Gasteiger partial charge < -0.3 is 4.74 Å². The van der Waals surface area contributed by atoms with Gasteiger partial charge in [0.2, 0.25) is 0 Å². The molecule has 9 nitrogen and oxygen atoms in total. The first-order chi connectivity index (χ1) is 14.4. The van der Waals surface area contributed by atoms with Crippen molar-refractivity contribution in [3.63, 3.8) is 0 Å². The molecule has 10 heteroatoms. The van der Waals surface area contributed by atoms with Gasteiger partial charge in [0.1, 0.15) is 18.0 Å². The molecule has 0 aliphatic rings. The molecule has 0 aliphatic carbocycles. The van der Waals surface area contributed by atoms with Crippen molar-refractivity contribution in [1.82, 2.24) is 0 Å². The second-order valence-corrected chi connectivity index (χ2v) is 6.44. The van der Waals surface area contributed by atoms with Gasteiger partial charge in [0.15, 0.2) is 0 Å². The lowest BCUT2D eigenvalue weighted by atomic mass is 10.2. The number of benzene rings is 3. The molecule has 3 aromatic carbocycles. The molecule has 1 N–H and O–H groups in total. The number of nitro groups is 2. The minimum atomic E-state index is -0.712. The molecule has 0 unspecified atom stereocenters. The van der Waals surface area contributed by atoms with E-state index in [1.807, 2.05) is 18.2 Å². The summed E-state index contributed by atoms with van der Waals surface area (Å²) in [4.78, 5) is 20.5. The Labute approximate surface area is 175 Å². The summed E-state index contributed by atoms with van der Waals surface area (Å²) in [6.07, 6.45) is 1.46. The predicted molar refractivity (Wildman–Crippen MR) is 113 cm³/mol. The summed E-state index contributed by atoms with van der Waals surface area (Å²) in [6.45, 7) is 0.332. The van der Waals surface area contributed by atoms with E-state index >= 15 is 0 Å². The molecule has 30 heavy (non-hydrogen) atoms. The van der Waals surface area contributed by atoms with Crippen LogP contribution in [0.5, 0.6) is 5.75 Å². The maximum atomic E-state index is 11.1. The number of nitrogens with zero attached hydrogens (tertiary/aromatic N) is 3. The van der Waals surface area contributed by atoms with Crippen LogP contribution in [0, 0.1) is 20.2 Å². The Hall–Kier alpha value is -3.98. The van der Waals surface area contributed by atoms with Gasteiger partial charge in [-0.2, -0.15) is 5.10 Å². The lowest BCUT2D eigenvalue weighted by Gasteiger charge is -2.07. The maximum Gasteiger partial charge on any atom is 0.301 e. The van der Waals surface area contributed by atoms with E-state index in [0.717, 1.165) is 23.3 Å². The molecule has 0 spiro atoms. The third-order valence-corrected chi connectivity index (χ3v) is 4.39. The zero-order valence-corrected chi connectivity index (χ0v) is 16.2. The maximum absolute atomic E-state index is 11.1. The van der Waals surface area contributed by atoms with Crippen molar-refractivity contribution < 1.29 is 14.6 Å². The van der Waals surface area contributed by atoms with Gasteiger partial charge in [-0.25, -0.2) is 0 Å². The van der Waals surface area contributed by atoms with Crippen LogP contribution in [-0.2, 0) is 6.61 Å². The van der Waals surface area contributed by atoms with E-state index in [1.165, 1.54) is 12.3 Å². The summed E-state index contributed by atoms with van der Waals surface area (Å²) in [5.74, 6) is 0.644. The van der Waals surface area contributed by atoms with Crippen LogP contribution >= 0.6 is 11.6 Å². The average molecular weight is 427 g/mol. The monoisotopic (exact) mass is 426 g/mol. The third kappa shape index (κ3) is 5.30. The molecule has 0 fully saturated rings. The Balaban J connectivity index is 1.62. The molecule has 0 bridgehead atoms. The Morgan fingerprint density at radius 1 is 1.00 bits per heavy atom. The molecule has 0 aromatic heterocycles. The lowest BCUT2D eigenvalue weighted by Crippen LogP contribution is -1.99. The van der Waals surface area contributed by atoms with E-state index < -0.39 is 15.5 Å². The number of hydrazone groups is 1. The summed E-state index contributed by atoms with van der Waals surface area (Å²) in [5, 5.41) is 26.5. The molecule has 0 radical (unpaired) electrons. The fraction of sp³-hybridized carbons (Fsp3) is 0.0500. The van der Waals surface area contributed by atoms with Crippen molar-refractivity contribution in [2.24, 2.45) is 5.10 Å². The van der Waals surface area contributed by atoms with Crippen LogP contribution in [0.2, 0.25) is 5.02 Å². The smallest absolute Gasteiger partial charge is 0.301 e. The quantitative estimate of drug-likeness (QED) is 0.301. The Kier molecular flexibility index (Phi) is 6.56. The van der Waals surface area contributed by atoms with E-state index in [4.69, 9.17) is 16.3 Å². The Bertz CT molecular complexity index is 1100. The molecule has 3 rings (SSSR count). The second kappa shape index (κ2) is 9.48. The number of hydrogen-bond acceptors (Lipinski definition) is 7. The van der Waals surface area contributed by atoms with E-state index in [2.05, 4.69) is 10.5 Å². The summed E-state index contributed by atoms with van der Waals surface area (Å²) >= 11 is 6.10. The molecular formula is C20H15ClN4O5. The molecule has 0 saturated heterocycles. The van der Waals surface area contributed by atoms with E-state index in [-0.39, 0.29) is 11.4 Å². The van der Waals surface area contributed by atoms with Crippen molar-refractivity contribution in [3.8, 4) is 5.75 Å². The highest BCUT2D eigenvalue weighted by molar-refractivity contribution is 6.31. The topological polar surface area (TPSA) is 120 Å².